The summed E-state index contributed by atoms with van der Waals surface area (Å²) in [5.41, 5.74) is 2.02. The minimum Gasteiger partial charge on any atom is -0.493 e. The first kappa shape index (κ1) is 19.7. The molecule has 0 atom stereocenters. The molecule has 136 valence electrons. The summed E-state index contributed by atoms with van der Waals surface area (Å²) in [6.07, 6.45) is 0. The van der Waals surface area contributed by atoms with Crippen LogP contribution >= 0.6 is 23.2 Å². The highest BCUT2D eigenvalue weighted by Crippen LogP contribution is 2.37. The quantitative estimate of drug-likeness (QED) is 0.782. The van der Waals surface area contributed by atoms with E-state index in [1.807, 2.05) is 0 Å². The van der Waals surface area contributed by atoms with Crippen molar-refractivity contribution in [2.75, 3.05) is 18.9 Å². The first-order chi connectivity index (χ1) is 11.6. The van der Waals surface area contributed by atoms with Crippen LogP contribution in [0.4, 0.5) is 5.69 Å². The van der Waals surface area contributed by atoms with Crippen molar-refractivity contribution in [3.63, 3.8) is 0 Å². The highest BCUT2D eigenvalue weighted by atomic mass is 35.5. The fourth-order valence-corrected chi connectivity index (χ4v) is 4.76. The number of benzene rings is 2. The van der Waals surface area contributed by atoms with Crippen LogP contribution in [0.2, 0.25) is 10.0 Å². The fourth-order valence-electron chi connectivity index (χ4n) is 2.42. The van der Waals surface area contributed by atoms with Gasteiger partial charge in [0.25, 0.3) is 10.0 Å². The summed E-state index contributed by atoms with van der Waals surface area (Å²) in [5.74, 6) is 0.923. The van der Waals surface area contributed by atoms with Gasteiger partial charge in [-0.1, -0.05) is 23.2 Å². The first-order valence-corrected chi connectivity index (χ1v) is 9.57. The second-order valence-electron chi connectivity index (χ2n) is 5.57. The Labute approximate surface area is 157 Å². The molecule has 1 N–H and O–H groups in total. The van der Waals surface area contributed by atoms with Crippen molar-refractivity contribution < 1.29 is 17.9 Å². The van der Waals surface area contributed by atoms with Gasteiger partial charge in [-0.25, -0.2) is 8.42 Å². The molecular weight excluding hydrogens is 385 g/mol. The molecule has 0 spiro atoms. The maximum Gasteiger partial charge on any atom is 0.263 e. The third kappa shape index (κ3) is 3.81. The summed E-state index contributed by atoms with van der Waals surface area (Å²) in [5, 5.41) is 0.485. The van der Waals surface area contributed by atoms with Gasteiger partial charge in [0.1, 0.15) is 4.90 Å². The van der Waals surface area contributed by atoms with Gasteiger partial charge >= 0.3 is 0 Å². The lowest BCUT2D eigenvalue weighted by Crippen LogP contribution is -2.16. The van der Waals surface area contributed by atoms with Crippen molar-refractivity contribution in [1.29, 1.82) is 0 Å². The van der Waals surface area contributed by atoms with Crippen molar-refractivity contribution >= 4 is 38.9 Å². The van der Waals surface area contributed by atoms with Crippen LogP contribution < -0.4 is 14.2 Å². The maximum absolute atomic E-state index is 12.9. The molecule has 0 aliphatic rings. The van der Waals surface area contributed by atoms with E-state index in [0.29, 0.717) is 38.9 Å². The Hall–Kier alpha value is -1.63. The molecule has 2 aromatic rings. The molecule has 0 aromatic heterocycles. The smallest absolute Gasteiger partial charge is 0.263 e. The van der Waals surface area contributed by atoms with Gasteiger partial charge in [0, 0.05) is 11.1 Å². The summed E-state index contributed by atoms with van der Waals surface area (Å²) in [4.78, 5) is -0.0339. The number of rotatable bonds is 5. The van der Waals surface area contributed by atoms with E-state index in [0.717, 1.165) is 0 Å². The van der Waals surface area contributed by atoms with Crippen LogP contribution in [0.1, 0.15) is 16.7 Å². The molecule has 25 heavy (non-hydrogen) atoms. The van der Waals surface area contributed by atoms with Crippen LogP contribution in [0.3, 0.4) is 0 Å². The number of methoxy groups -OCH3 is 2. The van der Waals surface area contributed by atoms with E-state index in [9.17, 15) is 8.42 Å². The lowest BCUT2D eigenvalue weighted by atomic mass is 10.2. The SMILES string of the molecule is COc1cc(C)c(NS(=O)(=O)c2c(C)c(Cl)cc(C)c2Cl)cc1OC. The lowest BCUT2D eigenvalue weighted by Gasteiger charge is -2.17. The predicted octanol–water partition coefficient (Wildman–Crippen LogP) is 4.74. The summed E-state index contributed by atoms with van der Waals surface area (Å²) in [6.45, 7) is 5.08. The lowest BCUT2D eigenvalue weighted by molar-refractivity contribution is 0.355. The second kappa shape index (κ2) is 7.32. The Balaban J connectivity index is 2.58. The Kier molecular flexibility index (Phi) is 5.76. The predicted molar refractivity (Wildman–Crippen MR) is 101 cm³/mol. The zero-order chi connectivity index (χ0) is 18.9. The fraction of sp³-hybridized carbons (Fsp3) is 0.294. The van der Waals surface area contributed by atoms with E-state index in [1.54, 1.807) is 39.0 Å². The van der Waals surface area contributed by atoms with E-state index in [4.69, 9.17) is 32.7 Å². The van der Waals surface area contributed by atoms with Crippen LogP contribution in [0.25, 0.3) is 0 Å². The van der Waals surface area contributed by atoms with Gasteiger partial charge in [-0.15, -0.1) is 0 Å². The zero-order valence-corrected chi connectivity index (χ0v) is 16.9. The standard InChI is InChI=1S/C17H19Cl2NO4S/c1-9-7-14(23-4)15(24-5)8-13(9)20-25(21,22)17-11(3)12(18)6-10(2)16(17)19/h6-8,20H,1-5H3. The highest BCUT2D eigenvalue weighted by molar-refractivity contribution is 7.93. The zero-order valence-electron chi connectivity index (χ0n) is 14.5. The van der Waals surface area contributed by atoms with E-state index in [2.05, 4.69) is 4.72 Å². The third-order valence-electron chi connectivity index (χ3n) is 3.83. The third-order valence-corrected chi connectivity index (χ3v) is 6.36. The molecular formula is C17H19Cl2NO4S. The van der Waals surface area contributed by atoms with Gasteiger partial charge in [0.2, 0.25) is 0 Å². The van der Waals surface area contributed by atoms with Crippen LogP contribution in [-0.2, 0) is 10.0 Å². The summed E-state index contributed by atoms with van der Waals surface area (Å²) in [6, 6.07) is 4.89. The van der Waals surface area contributed by atoms with Crippen molar-refractivity contribution in [2.45, 2.75) is 25.7 Å². The average Bonchev–Trinajstić information content (AvgIpc) is 2.54. The molecule has 0 unspecified atom stereocenters. The largest absolute Gasteiger partial charge is 0.493 e. The topological polar surface area (TPSA) is 64.6 Å². The molecule has 0 heterocycles. The average molecular weight is 404 g/mol. The van der Waals surface area contributed by atoms with E-state index < -0.39 is 10.0 Å². The van der Waals surface area contributed by atoms with Gasteiger partial charge in [-0.3, -0.25) is 4.72 Å². The number of anilines is 1. The molecule has 0 aliphatic carbocycles. The van der Waals surface area contributed by atoms with Crippen LogP contribution in [0.15, 0.2) is 23.1 Å². The molecule has 0 bridgehead atoms. The Morgan fingerprint density at radius 1 is 0.920 bits per heavy atom. The van der Waals surface area contributed by atoms with Crippen molar-refractivity contribution in [2.24, 2.45) is 0 Å². The number of hydrogen-bond donors (Lipinski definition) is 1. The summed E-state index contributed by atoms with van der Waals surface area (Å²) in [7, 11) is -0.958. The molecule has 5 nitrogen and oxygen atoms in total. The number of nitrogens with one attached hydrogen (secondary N) is 1. The number of halogens is 2. The number of sulfonamides is 1. The first-order valence-electron chi connectivity index (χ1n) is 7.33. The van der Waals surface area contributed by atoms with Crippen molar-refractivity contribution in [3.05, 3.63) is 44.9 Å². The molecule has 0 saturated heterocycles. The van der Waals surface area contributed by atoms with Crippen molar-refractivity contribution in [1.82, 2.24) is 0 Å². The Morgan fingerprint density at radius 3 is 2.04 bits per heavy atom. The van der Waals surface area contributed by atoms with Gasteiger partial charge in [-0.2, -0.15) is 0 Å². The minimum atomic E-state index is -3.95. The van der Waals surface area contributed by atoms with Crippen LogP contribution in [0.5, 0.6) is 11.5 Å². The molecule has 0 aliphatic heterocycles. The second-order valence-corrected chi connectivity index (χ2v) is 7.98. The Bertz CT molecular complexity index is 901. The molecule has 0 fully saturated rings. The van der Waals surface area contributed by atoms with Gasteiger partial charge in [-0.05, 0) is 49.6 Å². The molecule has 0 saturated carbocycles. The van der Waals surface area contributed by atoms with Gasteiger partial charge < -0.3 is 9.47 Å². The molecule has 2 aromatic carbocycles. The summed E-state index contributed by atoms with van der Waals surface area (Å²) < 4.78 is 38.9. The van der Waals surface area contributed by atoms with E-state index in [1.165, 1.54) is 14.2 Å². The van der Waals surface area contributed by atoms with Gasteiger partial charge in [0.15, 0.2) is 11.5 Å². The molecule has 0 amide bonds. The highest BCUT2D eigenvalue weighted by Gasteiger charge is 2.25. The van der Waals surface area contributed by atoms with Crippen molar-refractivity contribution in [3.8, 4) is 11.5 Å². The minimum absolute atomic E-state index is 0.0339. The number of ether oxygens (including phenoxy) is 2. The van der Waals surface area contributed by atoms with Gasteiger partial charge in [0.05, 0.1) is 24.9 Å². The summed E-state index contributed by atoms with van der Waals surface area (Å²) >= 11 is 12.4. The van der Waals surface area contributed by atoms with E-state index >= 15 is 0 Å². The number of hydrogen-bond acceptors (Lipinski definition) is 4. The van der Waals surface area contributed by atoms with Crippen LogP contribution in [-0.4, -0.2) is 22.6 Å². The molecule has 2 rings (SSSR count). The number of aryl methyl sites for hydroxylation is 2. The normalized spacial score (nSPS) is 11.3. The Morgan fingerprint density at radius 2 is 1.48 bits per heavy atom. The molecule has 0 radical (unpaired) electrons. The van der Waals surface area contributed by atoms with E-state index in [-0.39, 0.29) is 9.92 Å². The molecule has 8 heteroatoms. The van der Waals surface area contributed by atoms with Crippen LogP contribution in [0, 0.1) is 20.8 Å². The monoisotopic (exact) mass is 403 g/mol. The maximum atomic E-state index is 12.9.